The van der Waals surface area contributed by atoms with Gasteiger partial charge in [-0.2, -0.15) is 0 Å². The summed E-state index contributed by atoms with van der Waals surface area (Å²) in [5.74, 6) is 0. The molecule has 0 saturated carbocycles. The Labute approximate surface area is 88.4 Å². The molecule has 0 aliphatic carbocycles. The van der Waals surface area contributed by atoms with Gasteiger partial charge in [0.15, 0.2) is 0 Å². The maximum Gasteiger partial charge on any atom is 0.258 e. The molecule has 0 aliphatic rings. The Hall–Kier alpha value is 0.150. The topological polar surface area (TPSA) is 40.5 Å². The number of hydrogen-bond acceptors (Lipinski definition) is 1. The van der Waals surface area contributed by atoms with E-state index in [4.69, 9.17) is 4.89 Å². The molecule has 1 atom stereocenters. The summed E-state index contributed by atoms with van der Waals surface area (Å²) in [5, 5.41) is 0. The monoisotopic (exact) mass is 221 g/mol. The van der Waals surface area contributed by atoms with Gasteiger partial charge in [0.1, 0.15) is 0 Å². The van der Waals surface area contributed by atoms with E-state index in [1.165, 1.54) is 0 Å². The largest absolute Gasteiger partial charge is 0.335 e. The molecule has 0 aromatic rings. The predicted octanol–water partition coefficient (Wildman–Crippen LogP) is 3.05. The minimum atomic E-state index is -2.45. The van der Waals surface area contributed by atoms with Crippen LogP contribution >= 0.6 is 8.18 Å². The third-order valence-corrected chi connectivity index (χ3v) is 3.32. The number of unbranched alkanes of at least 4 members (excludes halogenated alkanes) is 4. The van der Waals surface area contributed by atoms with Crippen molar-refractivity contribution in [3.63, 3.8) is 0 Å². The van der Waals surface area contributed by atoms with Crippen LogP contribution in [0.5, 0.6) is 0 Å². The maximum absolute atomic E-state index is 11.0. The summed E-state index contributed by atoms with van der Waals surface area (Å²) >= 11 is 0. The van der Waals surface area contributed by atoms with Crippen molar-refractivity contribution in [3.8, 4) is 0 Å². The summed E-state index contributed by atoms with van der Waals surface area (Å²) in [6, 6.07) is 0. The van der Waals surface area contributed by atoms with E-state index in [0.29, 0.717) is 0 Å². The van der Waals surface area contributed by atoms with Crippen LogP contribution in [0.4, 0.5) is 0 Å². The molecule has 0 bridgehead atoms. The Kier molecular flexibility index (Phi) is 9.80. The van der Waals surface area contributed by atoms with Gasteiger partial charge in [0.25, 0.3) is 8.18 Å². The molecule has 1 unspecified atom stereocenters. The van der Waals surface area contributed by atoms with Crippen LogP contribution in [0.1, 0.15) is 52.4 Å². The van der Waals surface area contributed by atoms with Gasteiger partial charge in [-0.25, -0.2) is 4.67 Å². The lowest BCUT2D eigenvalue weighted by Crippen LogP contribution is -2.18. The molecule has 86 valence electrons. The average Bonchev–Trinajstić information content (AvgIpc) is 2.15. The van der Waals surface area contributed by atoms with Crippen LogP contribution in [0, 0.1) is 0 Å². The lowest BCUT2D eigenvalue weighted by molar-refractivity contribution is 0.353. The third kappa shape index (κ3) is 7.54. The normalized spacial score (nSPS) is 13.4. The zero-order valence-corrected chi connectivity index (χ0v) is 10.5. The summed E-state index contributed by atoms with van der Waals surface area (Å²) in [6.45, 7) is 5.85. The van der Waals surface area contributed by atoms with Crippen molar-refractivity contribution in [3.05, 3.63) is 0 Å². The van der Waals surface area contributed by atoms with Crippen LogP contribution in [0.2, 0.25) is 0 Å². The number of rotatable bonds is 9. The summed E-state index contributed by atoms with van der Waals surface area (Å²) in [6.07, 6.45) is 6.71. The van der Waals surface area contributed by atoms with E-state index in [1.807, 2.05) is 0 Å². The van der Waals surface area contributed by atoms with Gasteiger partial charge in [0.05, 0.1) is 0 Å². The van der Waals surface area contributed by atoms with Crippen molar-refractivity contribution in [2.24, 2.45) is 0 Å². The molecular formula is C10H24NO2P. The zero-order valence-electron chi connectivity index (χ0n) is 9.46. The van der Waals surface area contributed by atoms with Crippen LogP contribution < -0.4 is 0 Å². The lowest BCUT2D eigenvalue weighted by Gasteiger charge is -2.18. The highest BCUT2D eigenvalue weighted by atomic mass is 31.1. The second-order valence-corrected chi connectivity index (χ2v) is 4.88. The highest BCUT2D eigenvalue weighted by Gasteiger charge is 2.08. The van der Waals surface area contributed by atoms with E-state index in [1.54, 1.807) is 4.67 Å². The molecule has 0 amide bonds. The molecule has 3 nitrogen and oxygen atoms in total. The molecule has 0 spiro atoms. The van der Waals surface area contributed by atoms with Gasteiger partial charge < -0.3 is 4.89 Å². The Morgan fingerprint density at radius 2 is 1.43 bits per heavy atom. The minimum absolute atomic E-state index is 0.784. The molecule has 0 heterocycles. The Balaban J connectivity index is 3.61. The van der Waals surface area contributed by atoms with Crippen LogP contribution in [-0.2, 0) is 4.57 Å². The first-order chi connectivity index (χ1) is 6.72. The fourth-order valence-electron chi connectivity index (χ4n) is 1.41. The van der Waals surface area contributed by atoms with Crippen molar-refractivity contribution < 1.29 is 9.46 Å². The highest BCUT2D eigenvalue weighted by molar-refractivity contribution is 7.35. The predicted molar refractivity (Wildman–Crippen MR) is 61.8 cm³/mol. The lowest BCUT2D eigenvalue weighted by atomic mass is 10.2. The molecule has 0 rings (SSSR count). The van der Waals surface area contributed by atoms with Gasteiger partial charge in [-0.15, -0.1) is 0 Å². The Morgan fingerprint density at radius 3 is 1.71 bits per heavy atom. The van der Waals surface area contributed by atoms with Crippen LogP contribution in [-0.4, -0.2) is 22.7 Å². The van der Waals surface area contributed by atoms with Gasteiger partial charge in [-0.1, -0.05) is 39.5 Å². The second kappa shape index (κ2) is 9.70. The summed E-state index contributed by atoms with van der Waals surface area (Å²) in [4.78, 5) is 9.08. The molecular weight excluding hydrogens is 197 g/mol. The third-order valence-electron chi connectivity index (χ3n) is 2.33. The van der Waals surface area contributed by atoms with Crippen LogP contribution in [0.25, 0.3) is 0 Å². The molecule has 14 heavy (non-hydrogen) atoms. The smallest absolute Gasteiger partial charge is 0.258 e. The molecule has 0 saturated heterocycles. The number of hydrogen-bond donors (Lipinski definition) is 1. The van der Waals surface area contributed by atoms with Crippen molar-refractivity contribution in [1.82, 2.24) is 4.67 Å². The van der Waals surface area contributed by atoms with Gasteiger partial charge in [-0.05, 0) is 12.8 Å². The van der Waals surface area contributed by atoms with E-state index < -0.39 is 8.18 Å². The van der Waals surface area contributed by atoms with E-state index in [2.05, 4.69) is 13.8 Å². The van der Waals surface area contributed by atoms with E-state index in [0.717, 1.165) is 51.6 Å². The minimum Gasteiger partial charge on any atom is -0.335 e. The fraction of sp³-hybridized carbons (Fsp3) is 1.00. The molecule has 1 N–H and O–H groups in total. The molecule has 0 radical (unpaired) electrons. The van der Waals surface area contributed by atoms with Gasteiger partial charge in [0.2, 0.25) is 0 Å². The summed E-state index contributed by atoms with van der Waals surface area (Å²) in [7, 11) is -2.45. The van der Waals surface area contributed by atoms with Crippen LogP contribution in [0.3, 0.4) is 0 Å². The van der Waals surface area contributed by atoms with Gasteiger partial charge >= 0.3 is 0 Å². The van der Waals surface area contributed by atoms with Gasteiger partial charge in [-0.3, -0.25) is 4.57 Å². The first-order valence-corrected chi connectivity index (χ1v) is 7.00. The average molecular weight is 221 g/mol. The van der Waals surface area contributed by atoms with Crippen LogP contribution in [0.15, 0.2) is 0 Å². The van der Waals surface area contributed by atoms with Crippen molar-refractivity contribution in [2.75, 3.05) is 13.1 Å². The van der Waals surface area contributed by atoms with Crippen molar-refractivity contribution in [1.29, 1.82) is 0 Å². The molecule has 0 aromatic heterocycles. The summed E-state index contributed by atoms with van der Waals surface area (Å²) < 4.78 is 12.7. The Morgan fingerprint density at radius 1 is 1.00 bits per heavy atom. The van der Waals surface area contributed by atoms with Gasteiger partial charge in [0, 0.05) is 13.1 Å². The standard InChI is InChI=1S/C10H24NO2P/c1-3-5-7-9-11(14(12)13)10-8-6-4-2/h14H,3-10H2,1-2H3,(H,12,13). The Bertz CT molecular complexity index is 143. The van der Waals surface area contributed by atoms with E-state index in [9.17, 15) is 4.57 Å². The first kappa shape index (κ1) is 14.2. The second-order valence-electron chi connectivity index (χ2n) is 3.68. The molecule has 0 aliphatic heterocycles. The van der Waals surface area contributed by atoms with E-state index >= 15 is 0 Å². The molecule has 4 heteroatoms. The quantitative estimate of drug-likeness (QED) is 0.480. The van der Waals surface area contributed by atoms with E-state index in [-0.39, 0.29) is 0 Å². The van der Waals surface area contributed by atoms with Crippen molar-refractivity contribution in [2.45, 2.75) is 52.4 Å². The first-order valence-electron chi connectivity index (χ1n) is 5.70. The highest BCUT2D eigenvalue weighted by Crippen LogP contribution is 2.22. The zero-order chi connectivity index (χ0) is 10.8. The molecule has 0 fully saturated rings. The van der Waals surface area contributed by atoms with Crippen molar-refractivity contribution >= 4 is 8.18 Å². The maximum atomic E-state index is 11.0. The SMILES string of the molecule is CCCCCN(CCCCC)[PH](=O)O. The summed E-state index contributed by atoms with van der Waals surface area (Å²) in [5.41, 5.74) is 0. The number of nitrogens with zero attached hydrogens (tertiary/aromatic N) is 1. The molecule has 0 aromatic carbocycles. The fourth-order valence-corrected chi connectivity index (χ4v) is 2.11.